The molecule has 0 spiro atoms. The zero-order valence-electron chi connectivity index (χ0n) is 36.3. The number of aliphatic hydroxyl groups excluding tert-OH is 1. The van der Waals surface area contributed by atoms with Crippen molar-refractivity contribution in [2.75, 3.05) is 13.1 Å². The van der Waals surface area contributed by atoms with Crippen LogP contribution in [0.25, 0.3) is 0 Å². The summed E-state index contributed by atoms with van der Waals surface area (Å²) in [4.78, 5) is 71.0. The summed E-state index contributed by atoms with van der Waals surface area (Å²) in [5, 5.41) is 45.7. The minimum absolute atomic E-state index is 0.146. The number of benzene rings is 4. The van der Waals surface area contributed by atoms with Crippen LogP contribution in [0, 0.1) is 23.5 Å². The molecule has 0 radical (unpaired) electrons. The average Bonchev–Trinajstić information content (AvgIpc) is 3.67. The number of carbonyl (C=O) groups is 6. The lowest BCUT2D eigenvalue weighted by molar-refractivity contribution is -0.147. The number of carboxylic acid groups (broad SMARTS) is 1. The second-order valence-corrected chi connectivity index (χ2v) is 17.3. The van der Waals surface area contributed by atoms with Gasteiger partial charge in [-0.2, -0.15) is 0 Å². The molecule has 0 bridgehead atoms. The number of carboxylic acids is 1. The number of nitrogens with one attached hydrogen (secondary N) is 4. The van der Waals surface area contributed by atoms with Crippen molar-refractivity contribution in [1.29, 1.82) is 0 Å². The molecule has 22 heteroatoms. The molecule has 4 atom stereocenters. The highest BCUT2D eigenvalue weighted by atomic mass is 79.9. The van der Waals surface area contributed by atoms with E-state index < -0.39 is 92.1 Å². The number of rotatable bonds is 17. The fourth-order valence-electron chi connectivity index (χ4n) is 6.07. The molecule has 0 saturated carbocycles. The largest absolute Gasteiger partial charge is 0.552 e. The molecule has 1 saturated heterocycles. The number of hydrogen-bond donors (Lipinski definition) is 8. The first-order valence-corrected chi connectivity index (χ1v) is 22.0. The second-order valence-electron chi connectivity index (χ2n) is 15.5. The van der Waals surface area contributed by atoms with Crippen LogP contribution < -0.4 is 21.3 Å². The van der Waals surface area contributed by atoms with E-state index in [9.17, 15) is 47.6 Å². The molecule has 1 aliphatic heterocycles. The third-order valence-electron chi connectivity index (χ3n) is 9.17. The maximum absolute atomic E-state index is 13.9. The molecule has 4 aromatic rings. The van der Waals surface area contributed by atoms with Crippen molar-refractivity contribution in [3.05, 3.63) is 140 Å². The Morgan fingerprint density at radius 2 is 1.20 bits per heavy atom. The summed E-state index contributed by atoms with van der Waals surface area (Å²) >= 11 is 6.32. The van der Waals surface area contributed by atoms with Gasteiger partial charge >= 0.3 is 26.2 Å². The van der Waals surface area contributed by atoms with Gasteiger partial charge < -0.3 is 50.8 Å². The molecular weight excluding hydrogens is 996 g/mol. The monoisotopic (exact) mass is 1040 g/mol. The maximum Gasteiger partial charge on any atom is 0.552 e. The van der Waals surface area contributed by atoms with E-state index in [4.69, 9.17) is 19.5 Å². The molecular formula is C44H50B2Br2F2N4O12. The van der Waals surface area contributed by atoms with Gasteiger partial charge in [0.2, 0.25) is 11.8 Å². The van der Waals surface area contributed by atoms with Crippen LogP contribution in [0.5, 0.6) is 0 Å². The zero-order valence-corrected chi connectivity index (χ0v) is 39.4. The Morgan fingerprint density at radius 1 is 0.727 bits per heavy atom. The summed E-state index contributed by atoms with van der Waals surface area (Å²) in [5.74, 6) is -6.82. The molecule has 1 aliphatic rings. The van der Waals surface area contributed by atoms with Crippen LogP contribution in [-0.2, 0) is 28.5 Å². The van der Waals surface area contributed by atoms with Crippen molar-refractivity contribution >= 4 is 81.7 Å². The minimum Gasteiger partial charge on any atom is -0.506 e. The Bertz CT molecular complexity index is 2270. The van der Waals surface area contributed by atoms with E-state index in [0.29, 0.717) is 32.9 Å². The van der Waals surface area contributed by atoms with Crippen LogP contribution in [0.4, 0.5) is 8.78 Å². The van der Waals surface area contributed by atoms with Crippen LogP contribution in [0.3, 0.4) is 0 Å². The van der Waals surface area contributed by atoms with Gasteiger partial charge in [0.1, 0.15) is 11.6 Å². The quantitative estimate of drug-likeness (QED) is 0.0661. The van der Waals surface area contributed by atoms with Crippen molar-refractivity contribution in [3.63, 3.8) is 0 Å². The first-order chi connectivity index (χ1) is 31.2. The van der Waals surface area contributed by atoms with Crippen LogP contribution in [-0.4, -0.2) is 95.0 Å². The number of halogens is 4. The van der Waals surface area contributed by atoms with Gasteiger partial charge in [0.15, 0.2) is 12.2 Å². The molecule has 5 rings (SSSR count). The van der Waals surface area contributed by atoms with Crippen molar-refractivity contribution in [2.24, 2.45) is 11.8 Å². The lowest BCUT2D eigenvalue weighted by Crippen LogP contribution is -2.50. The predicted molar refractivity (Wildman–Crippen MR) is 247 cm³/mol. The van der Waals surface area contributed by atoms with Crippen molar-refractivity contribution in [2.45, 2.75) is 64.6 Å². The molecule has 0 aliphatic carbocycles. The van der Waals surface area contributed by atoms with Gasteiger partial charge in [0, 0.05) is 8.95 Å². The fourth-order valence-corrected chi connectivity index (χ4v) is 6.79. The maximum atomic E-state index is 13.9. The standard InChI is InChI=1S/C22H23BBrFN2O5.C14H19BBrFN2O4.C8H8O3/c1-13(2)10-18(23-31-20(22(30)32-23)14-6-4-3-5-7-14)27-19(28)12-26-21(29)16-11-15(24)8-9-17(16)25;1-8(2)5-12(15(22)23)19-13(20)7-18-14(21)10-6-9(16)3-4-11(10)17;9-7(8(10)11)6-4-2-1-3-5-6/h3-9,11,13,18,20H,10,12H2,1-2H3,(H,26,29)(H,27,28);3-4,6,8,12,22-23H,5,7H2,1-2H3,(H,18,21)(H,19,20);1-5,7,9H,(H,10,11)/t18-,20?;12-;/m00./s1. The van der Waals surface area contributed by atoms with Gasteiger partial charge in [0.25, 0.3) is 11.8 Å². The Balaban J connectivity index is 0.000000295. The third kappa shape index (κ3) is 18.4. The molecule has 1 heterocycles. The Hall–Kier alpha value is -5.51. The Kier molecular flexibility index (Phi) is 22.6. The topological polar surface area (TPSA) is 250 Å². The van der Waals surface area contributed by atoms with E-state index in [1.807, 2.05) is 33.8 Å². The summed E-state index contributed by atoms with van der Waals surface area (Å²) in [7, 11) is -2.66. The molecule has 8 N–H and O–H groups in total. The molecule has 66 heavy (non-hydrogen) atoms. The predicted octanol–water partition coefficient (Wildman–Crippen LogP) is 4.86. The van der Waals surface area contributed by atoms with E-state index in [1.165, 1.54) is 24.3 Å². The Morgan fingerprint density at radius 3 is 1.65 bits per heavy atom. The zero-order chi connectivity index (χ0) is 49.1. The third-order valence-corrected chi connectivity index (χ3v) is 10.2. The first kappa shape index (κ1) is 54.8. The lowest BCUT2D eigenvalue weighted by atomic mass is 9.74. The number of amides is 4. The van der Waals surface area contributed by atoms with Gasteiger partial charge in [-0.15, -0.1) is 0 Å². The lowest BCUT2D eigenvalue weighted by Gasteiger charge is -2.21. The highest BCUT2D eigenvalue weighted by Crippen LogP contribution is 2.28. The number of aliphatic carboxylic acids is 1. The van der Waals surface area contributed by atoms with Gasteiger partial charge in [-0.05, 0) is 72.2 Å². The van der Waals surface area contributed by atoms with Gasteiger partial charge in [0.05, 0.1) is 36.1 Å². The average molecular weight is 1050 g/mol. The van der Waals surface area contributed by atoms with E-state index in [2.05, 4.69) is 53.1 Å². The SMILES string of the molecule is CC(C)C[C@H](NC(=O)CNC(=O)c1cc(Br)ccc1F)B(O)O.CC(C)C[C@H](NC(=O)CNC(=O)c1cc(Br)ccc1F)B1OC(=O)C(c2ccccc2)O1.O=C(O)C(O)c1ccccc1. The molecule has 4 aromatic carbocycles. The first-order valence-electron chi connectivity index (χ1n) is 20.4. The molecule has 352 valence electrons. The summed E-state index contributed by atoms with van der Waals surface area (Å²) in [6, 6.07) is 25.1. The van der Waals surface area contributed by atoms with Crippen LogP contribution in [0.15, 0.2) is 106 Å². The fraction of sp³-hybridized carbons (Fsp3) is 0.318. The highest BCUT2D eigenvalue weighted by Gasteiger charge is 2.46. The Labute approximate surface area is 397 Å². The highest BCUT2D eigenvalue weighted by molar-refractivity contribution is 9.10. The van der Waals surface area contributed by atoms with E-state index in [1.54, 1.807) is 54.6 Å². The molecule has 16 nitrogen and oxygen atoms in total. The van der Waals surface area contributed by atoms with Gasteiger partial charge in [-0.3, -0.25) is 24.0 Å². The number of hydrogen-bond acceptors (Lipinski definition) is 11. The van der Waals surface area contributed by atoms with Crippen molar-refractivity contribution in [1.82, 2.24) is 21.3 Å². The normalized spacial score (nSPS) is 14.3. The smallest absolute Gasteiger partial charge is 0.506 e. The van der Waals surface area contributed by atoms with Gasteiger partial charge in [-0.25, -0.2) is 13.6 Å². The summed E-state index contributed by atoms with van der Waals surface area (Å²) in [6.07, 6.45) is -1.42. The molecule has 2 unspecified atom stereocenters. The van der Waals surface area contributed by atoms with E-state index in [-0.39, 0.29) is 29.5 Å². The van der Waals surface area contributed by atoms with E-state index in [0.717, 1.165) is 12.1 Å². The van der Waals surface area contributed by atoms with Crippen molar-refractivity contribution < 1.29 is 67.1 Å². The number of aliphatic hydroxyl groups is 1. The van der Waals surface area contributed by atoms with Crippen LogP contribution in [0.2, 0.25) is 0 Å². The number of carbonyl (C=O) groups excluding carboxylic acids is 5. The van der Waals surface area contributed by atoms with Crippen LogP contribution >= 0.6 is 31.9 Å². The van der Waals surface area contributed by atoms with E-state index >= 15 is 0 Å². The second kappa shape index (κ2) is 27.2. The van der Waals surface area contributed by atoms with Gasteiger partial charge in [-0.1, -0.05) is 120 Å². The molecule has 1 fully saturated rings. The summed E-state index contributed by atoms with van der Waals surface area (Å²) in [6.45, 7) is 6.90. The van der Waals surface area contributed by atoms with Crippen molar-refractivity contribution in [3.8, 4) is 0 Å². The summed E-state index contributed by atoms with van der Waals surface area (Å²) in [5.41, 5.74) is 0.704. The van der Waals surface area contributed by atoms with Crippen LogP contribution in [0.1, 0.15) is 84.6 Å². The molecule has 0 aromatic heterocycles. The summed E-state index contributed by atoms with van der Waals surface area (Å²) < 4.78 is 39.7. The molecule has 4 amide bonds. The minimum atomic E-state index is -1.69.